The maximum atomic E-state index is 12.0. The van der Waals surface area contributed by atoms with Gasteiger partial charge in [0.15, 0.2) is 6.61 Å². The Labute approximate surface area is 161 Å². The van der Waals surface area contributed by atoms with Gasteiger partial charge in [-0.15, -0.1) is 0 Å². The van der Waals surface area contributed by atoms with Crippen LogP contribution in [0.25, 0.3) is 11.3 Å². The Kier molecular flexibility index (Phi) is 6.04. The lowest BCUT2D eigenvalue weighted by Gasteiger charge is -2.09. The van der Waals surface area contributed by atoms with Gasteiger partial charge in [-0.25, -0.2) is 9.97 Å². The fraction of sp³-hybridized carbons (Fsp3) is 0.105. The van der Waals surface area contributed by atoms with Crippen LogP contribution in [0.5, 0.6) is 5.75 Å². The number of aromatic nitrogens is 2. The van der Waals surface area contributed by atoms with Crippen molar-refractivity contribution in [1.29, 1.82) is 0 Å². The summed E-state index contributed by atoms with van der Waals surface area (Å²) in [6, 6.07) is 16.4. The third-order valence-corrected chi connectivity index (χ3v) is 4.04. The van der Waals surface area contributed by atoms with Crippen LogP contribution in [-0.2, 0) is 11.3 Å². The highest BCUT2D eigenvalue weighted by Gasteiger charge is 2.08. The summed E-state index contributed by atoms with van der Waals surface area (Å²) in [4.78, 5) is 20.4. The predicted molar refractivity (Wildman–Crippen MR) is 101 cm³/mol. The van der Waals surface area contributed by atoms with Crippen LogP contribution < -0.4 is 10.1 Å². The second-order valence-corrected chi connectivity index (χ2v) is 6.24. The van der Waals surface area contributed by atoms with E-state index in [1.807, 2.05) is 36.4 Å². The summed E-state index contributed by atoms with van der Waals surface area (Å²) < 4.78 is 5.40. The van der Waals surface area contributed by atoms with Crippen molar-refractivity contribution >= 4 is 29.1 Å². The molecule has 0 aliphatic rings. The number of nitrogens with one attached hydrogen (secondary N) is 1. The highest BCUT2D eigenvalue weighted by Crippen LogP contribution is 2.27. The molecule has 7 heteroatoms. The third kappa shape index (κ3) is 4.94. The molecular formula is C19H15Cl2N3O2. The fourth-order valence-electron chi connectivity index (χ4n) is 2.24. The molecule has 2 aromatic carbocycles. The molecule has 1 amide bonds. The van der Waals surface area contributed by atoms with Crippen LogP contribution in [0.15, 0.2) is 60.9 Å². The van der Waals surface area contributed by atoms with Crippen molar-refractivity contribution in [1.82, 2.24) is 15.3 Å². The molecule has 1 aromatic heterocycles. The van der Waals surface area contributed by atoms with E-state index in [1.165, 1.54) is 6.33 Å². The molecule has 0 saturated heterocycles. The Morgan fingerprint density at radius 3 is 2.62 bits per heavy atom. The van der Waals surface area contributed by atoms with Gasteiger partial charge in [0.25, 0.3) is 5.91 Å². The highest BCUT2D eigenvalue weighted by atomic mass is 35.5. The summed E-state index contributed by atoms with van der Waals surface area (Å²) in [5.41, 5.74) is 2.49. The quantitative estimate of drug-likeness (QED) is 0.689. The molecule has 0 saturated carbocycles. The van der Waals surface area contributed by atoms with Gasteiger partial charge in [-0.05, 0) is 24.3 Å². The van der Waals surface area contributed by atoms with Crippen molar-refractivity contribution in [2.75, 3.05) is 6.61 Å². The first kappa shape index (κ1) is 18.2. The van der Waals surface area contributed by atoms with Gasteiger partial charge in [-0.3, -0.25) is 4.79 Å². The molecule has 1 N–H and O–H groups in total. The molecule has 0 bridgehead atoms. The van der Waals surface area contributed by atoms with Gasteiger partial charge in [-0.2, -0.15) is 0 Å². The average Bonchev–Trinajstić information content (AvgIpc) is 2.66. The smallest absolute Gasteiger partial charge is 0.258 e. The summed E-state index contributed by atoms with van der Waals surface area (Å²) >= 11 is 11.8. The van der Waals surface area contributed by atoms with Crippen LogP contribution in [0.3, 0.4) is 0 Å². The number of benzene rings is 2. The monoisotopic (exact) mass is 387 g/mol. The lowest BCUT2D eigenvalue weighted by Crippen LogP contribution is -2.28. The SMILES string of the molecule is O=C(COc1ccc(Cl)cc1Cl)NCc1cc(-c2ccccc2)ncn1. The summed E-state index contributed by atoms with van der Waals surface area (Å²) in [6.07, 6.45) is 1.48. The predicted octanol–water partition coefficient (Wildman–Crippen LogP) is 4.15. The van der Waals surface area contributed by atoms with Gasteiger partial charge >= 0.3 is 0 Å². The first-order valence-corrected chi connectivity index (χ1v) is 8.58. The van der Waals surface area contributed by atoms with E-state index in [4.69, 9.17) is 27.9 Å². The average molecular weight is 388 g/mol. The number of carbonyl (C=O) groups excluding carboxylic acids is 1. The molecule has 26 heavy (non-hydrogen) atoms. The van der Waals surface area contributed by atoms with Crippen LogP contribution >= 0.6 is 23.2 Å². The minimum atomic E-state index is -0.282. The van der Waals surface area contributed by atoms with Crippen molar-refractivity contribution in [3.05, 3.63) is 76.7 Å². The molecule has 3 rings (SSSR count). The second-order valence-electron chi connectivity index (χ2n) is 5.40. The number of nitrogens with zero attached hydrogens (tertiary/aromatic N) is 2. The molecule has 0 atom stereocenters. The van der Waals surface area contributed by atoms with E-state index in [0.29, 0.717) is 21.5 Å². The minimum Gasteiger partial charge on any atom is -0.482 e. The number of carbonyl (C=O) groups is 1. The maximum Gasteiger partial charge on any atom is 0.258 e. The van der Waals surface area contributed by atoms with Gasteiger partial charge in [-0.1, -0.05) is 53.5 Å². The largest absolute Gasteiger partial charge is 0.482 e. The molecule has 132 valence electrons. The van der Waals surface area contributed by atoms with E-state index in [0.717, 1.165) is 11.3 Å². The normalized spacial score (nSPS) is 10.4. The first-order valence-electron chi connectivity index (χ1n) is 7.83. The van der Waals surface area contributed by atoms with Gasteiger partial charge in [0.2, 0.25) is 0 Å². The Bertz CT molecular complexity index is 904. The van der Waals surface area contributed by atoms with E-state index >= 15 is 0 Å². The van der Waals surface area contributed by atoms with Crippen molar-refractivity contribution < 1.29 is 9.53 Å². The molecule has 0 spiro atoms. The van der Waals surface area contributed by atoms with Crippen LogP contribution in [0.1, 0.15) is 5.69 Å². The lowest BCUT2D eigenvalue weighted by molar-refractivity contribution is -0.123. The number of ether oxygens (including phenoxy) is 1. The van der Waals surface area contributed by atoms with Gasteiger partial charge in [0, 0.05) is 10.6 Å². The van der Waals surface area contributed by atoms with E-state index in [-0.39, 0.29) is 19.1 Å². The molecule has 1 heterocycles. The molecular weight excluding hydrogens is 373 g/mol. The molecule has 3 aromatic rings. The van der Waals surface area contributed by atoms with E-state index in [9.17, 15) is 4.79 Å². The van der Waals surface area contributed by atoms with Crippen LogP contribution in [0.2, 0.25) is 10.0 Å². The Morgan fingerprint density at radius 1 is 1.04 bits per heavy atom. The summed E-state index contributed by atoms with van der Waals surface area (Å²) in [5, 5.41) is 3.61. The van der Waals surface area contributed by atoms with Gasteiger partial charge < -0.3 is 10.1 Å². The zero-order valence-corrected chi connectivity index (χ0v) is 15.2. The summed E-state index contributed by atoms with van der Waals surface area (Å²) in [5.74, 6) is 0.121. The Hall–Kier alpha value is -2.63. The lowest BCUT2D eigenvalue weighted by atomic mass is 10.1. The molecule has 0 unspecified atom stereocenters. The zero-order chi connectivity index (χ0) is 18.4. The number of amides is 1. The second kappa shape index (κ2) is 8.65. The molecule has 0 aliphatic heterocycles. The Morgan fingerprint density at radius 2 is 1.85 bits per heavy atom. The van der Waals surface area contributed by atoms with Crippen LogP contribution in [0, 0.1) is 0 Å². The van der Waals surface area contributed by atoms with E-state index in [2.05, 4.69) is 15.3 Å². The van der Waals surface area contributed by atoms with Crippen LogP contribution in [-0.4, -0.2) is 22.5 Å². The Balaban J connectivity index is 1.55. The van der Waals surface area contributed by atoms with E-state index in [1.54, 1.807) is 18.2 Å². The van der Waals surface area contributed by atoms with Crippen molar-refractivity contribution in [3.8, 4) is 17.0 Å². The number of halogens is 2. The van der Waals surface area contributed by atoms with Gasteiger partial charge in [0.1, 0.15) is 12.1 Å². The van der Waals surface area contributed by atoms with Crippen molar-refractivity contribution in [2.45, 2.75) is 6.54 Å². The standard InChI is InChI=1S/C19H15Cl2N3O2/c20-14-6-7-18(16(21)8-14)26-11-19(25)22-10-15-9-17(24-12-23-15)13-4-2-1-3-5-13/h1-9,12H,10-11H2,(H,22,25). The molecule has 0 fully saturated rings. The number of hydrogen-bond acceptors (Lipinski definition) is 4. The van der Waals surface area contributed by atoms with Gasteiger partial charge in [0.05, 0.1) is 23.0 Å². The maximum absolute atomic E-state index is 12.0. The zero-order valence-electron chi connectivity index (χ0n) is 13.7. The fourth-order valence-corrected chi connectivity index (χ4v) is 2.70. The number of rotatable bonds is 6. The molecule has 5 nitrogen and oxygen atoms in total. The topological polar surface area (TPSA) is 64.1 Å². The first-order chi connectivity index (χ1) is 12.6. The van der Waals surface area contributed by atoms with Crippen LogP contribution in [0.4, 0.5) is 0 Å². The van der Waals surface area contributed by atoms with E-state index < -0.39 is 0 Å². The summed E-state index contributed by atoms with van der Waals surface area (Å²) in [6.45, 7) is 0.122. The van der Waals surface area contributed by atoms with Crippen molar-refractivity contribution in [2.24, 2.45) is 0 Å². The molecule has 0 aliphatic carbocycles. The number of hydrogen-bond donors (Lipinski definition) is 1. The minimum absolute atomic E-state index is 0.155. The summed E-state index contributed by atoms with van der Waals surface area (Å²) in [7, 11) is 0. The third-order valence-electron chi connectivity index (χ3n) is 3.51. The highest BCUT2D eigenvalue weighted by molar-refractivity contribution is 6.35. The van der Waals surface area contributed by atoms with Crippen molar-refractivity contribution in [3.63, 3.8) is 0 Å². The molecule has 0 radical (unpaired) electrons.